The molecule has 4 heteroatoms. The van der Waals surface area contributed by atoms with Crippen LogP contribution in [0.4, 0.5) is 0 Å². The molecule has 0 aliphatic heterocycles. The average molecular weight is 150 g/mol. The standard InChI is InChI=1S/C7H6N2O2/c1-3-5-4-9(2)7(11)8-6(5)10/h1,4H,2H3,(H,8,10,11). The molecule has 0 fully saturated rings. The third-order valence-corrected chi connectivity index (χ3v) is 1.26. The Morgan fingerprint density at radius 3 is 2.82 bits per heavy atom. The fraction of sp³-hybridized carbons (Fsp3) is 0.143. The first-order chi connectivity index (χ1) is 5.15. The summed E-state index contributed by atoms with van der Waals surface area (Å²) in [4.78, 5) is 23.6. The lowest BCUT2D eigenvalue weighted by atomic mass is 10.3. The molecule has 0 aliphatic rings. The minimum atomic E-state index is -0.518. The number of hydrogen-bond donors (Lipinski definition) is 1. The van der Waals surface area contributed by atoms with Crippen LogP contribution in [0.25, 0.3) is 0 Å². The summed E-state index contributed by atoms with van der Waals surface area (Å²) in [6.07, 6.45) is 6.30. The van der Waals surface area contributed by atoms with Gasteiger partial charge in [0, 0.05) is 13.2 Å². The summed E-state index contributed by atoms with van der Waals surface area (Å²) in [6.45, 7) is 0. The van der Waals surface area contributed by atoms with Gasteiger partial charge in [0.2, 0.25) is 0 Å². The first-order valence-corrected chi connectivity index (χ1v) is 2.91. The highest BCUT2D eigenvalue weighted by atomic mass is 16.2. The fourth-order valence-electron chi connectivity index (χ4n) is 0.666. The van der Waals surface area contributed by atoms with E-state index in [0.717, 1.165) is 0 Å². The van der Waals surface area contributed by atoms with Gasteiger partial charge in [-0.2, -0.15) is 0 Å². The Hall–Kier alpha value is -1.76. The van der Waals surface area contributed by atoms with Crippen LogP contribution in [0.2, 0.25) is 0 Å². The minimum Gasteiger partial charge on any atom is -0.302 e. The van der Waals surface area contributed by atoms with Gasteiger partial charge in [-0.25, -0.2) is 4.79 Å². The molecule has 1 N–H and O–H groups in total. The van der Waals surface area contributed by atoms with Crippen LogP contribution < -0.4 is 11.2 Å². The summed E-state index contributed by atoms with van der Waals surface area (Å²) in [6, 6.07) is 0. The monoisotopic (exact) mass is 150 g/mol. The summed E-state index contributed by atoms with van der Waals surface area (Å²) in [5.41, 5.74) is -0.822. The van der Waals surface area contributed by atoms with Crippen LogP contribution in [0.3, 0.4) is 0 Å². The Morgan fingerprint density at radius 2 is 2.27 bits per heavy atom. The highest BCUT2D eigenvalue weighted by molar-refractivity contribution is 5.25. The van der Waals surface area contributed by atoms with Gasteiger partial charge >= 0.3 is 5.69 Å². The predicted molar refractivity (Wildman–Crippen MR) is 40.2 cm³/mol. The lowest BCUT2D eigenvalue weighted by Gasteiger charge is -1.94. The number of terminal acetylenes is 1. The van der Waals surface area contributed by atoms with Gasteiger partial charge in [-0.05, 0) is 0 Å². The summed E-state index contributed by atoms with van der Waals surface area (Å²) < 4.78 is 1.22. The number of aryl methyl sites for hydroxylation is 1. The van der Waals surface area contributed by atoms with Gasteiger partial charge in [0.15, 0.2) is 0 Å². The van der Waals surface area contributed by atoms with Crippen LogP contribution >= 0.6 is 0 Å². The number of aromatic nitrogens is 2. The van der Waals surface area contributed by atoms with Crippen molar-refractivity contribution in [1.82, 2.24) is 9.55 Å². The zero-order valence-corrected chi connectivity index (χ0v) is 5.92. The van der Waals surface area contributed by atoms with E-state index in [4.69, 9.17) is 6.42 Å². The van der Waals surface area contributed by atoms with Gasteiger partial charge in [-0.1, -0.05) is 5.92 Å². The predicted octanol–water partition coefficient (Wildman–Crippen LogP) is -0.945. The second-order valence-corrected chi connectivity index (χ2v) is 2.06. The highest BCUT2D eigenvalue weighted by Crippen LogP contribution is 1.79. The van der Waals surface area contributed by atoms with Crippen molar-refractivity contribution in [3.63, 3.8) is 0 Å². The molecule has 1 heterocycles. The molecule has 0 saturated carbocycles. The molecule has 0 spiro atoms. The number of nitrogens with one attached hydrogen (secondary N) is 1. The van der Waals surface area contributed by atoms with E-state index in [-0.39, 0.29) is 5.56 Å². The van der Waals surface area contributed by atoms with Crippen LogP contribution in [0, 0.1) is 12.3 Å². The molecule has 0 amide bonds. The molecule has 0 atom stereocenters. The van der Waals surface area contributed by atoms with E-state index in [9.17, 15) is 9.59 Å². The van der Waals surface area contributed by atoms with Crippen LogP contribution in [-0.2, 0) is 7.05 Å². The van der Waals surface area contributed by atoms with E-state index in [1.54, 1.807) is 0 Å². The van der Waals surface area contributed by atoms with Crippen molar-refractivity contribution >= 4 is 0 Å². The van der Waals surface area contributed by atoms with Crippen molar-refractivity contribution in [2.45, 2.75) is 0 Å². The van der Waals surface area contributed by atoms with Gasteiger partial charge in [0.25, 0.3) is 5.56 Å². The van der Waals surface area contributed by atoms with Crippen molar-refractivity contribution < 1.29 is 0 Å². The molecule has 1 rings (SSSR count). The molecule has 4 nitrogen and oxygen atoms in total. The lowest BCUT2D eigenvalue weighted by Crippen LogP contribution is -2.29. The second kappa shape index (κ2) is 2.46. The van der Waals surface area contributed by atoms with Crippen LogP contribution in [0.5, 0.6) is 0 Å². The van der Waals surface area contributed by atoms with E-state index < -0.39 is 11.2 Å². The minimum absolute atomic E-state index is 0.159. The first kappa shape index (κ1) is 7.35. The second-order valence-electron chi connectivity index (χ2n) is 2.06. The molecule has 0 aromatic carbocycles. The Bertz CT molecular complexity index is 419. The molecule has 0 saturated heterocycles. The van der Waals surface area contributed by atoms with Gasteiger partial charge in [-0.15, -0.1) is 6.42 Å². The summed E-state index contributed by atoms with van der Waals surface area (Å²) in [7, 11) is 1.51. The Balaban J connectivity index is 3.61. The van der Waals surface area contributed by atoms with E-state index in [1.807, 2.05) is 0 Å². The maximum atomic E-state index is 10.8. The fourth-order valence-corrected chi connectivity index (χ4v) is 0.666. The van der Waals surface area contributed by atoms with Crippen molar-refractivity contribution in [1.29, 1.82) is 0 Å². The molecule has 0 aliphatic carbocycles. The maximum Gasteiger partial charge on any atom is 0.328 e. The van der Waals surface area contributed by atoms with Gasteiger partial charge in [0.1, 0.15) is 5.56 Å². The zero-order valence-electron chi connectivity index (χ0n) is 5.92. The molecule has 0 unspecified atom stereocenters. The molecule has 1 aromatic rings. The first-order valence-electron chi connectivity index (χ1n) is 2.91. The molecular weight excluding hydrogens is 144 g/mol. The molecule has 11 heavy (non-hydrogen) atoms. The highest BCUT2D eigenvalue weighted by Gasteiger charge is 1.96. The smallest absolute Gasteiger partial charge is 0.302 e. The van der Waals surface area contributed by atoms with Gasteiger partial charge < -0.3 is 4.57 Å². The van der Waals surface area contributed by atoms with Gasteiger partial charge in [0.05, 0.1) is 0 Å². The topological polar surface area (TPSA) is 54.9 Å². The third-order valence-electron chi connectivity index (χ3n) is 1.26. The Kier molecular flexibility index (Phi) is 1.65. The Morgan fingerprint density at radius 1 is 1.64 bits per heavy atom. The molecule has 0 radical (unpaired) electrons. The number of aromatic amines is 1. The third kappa shape index (κ3) is 1.22. The maximum absolute atomic E-state index is 10.8. The average Bonchev–Trinajstić information content (AvgIpc) is 1.97. The van der Waals surface area contributed by atoms with Crippen LogP contribution in [0.1, 0.15) is 5.56 Å². The van der Waals surface area contributed by atoms with Crippen molar-refractivity contribution in [3.05, 3.63) is 32.6 Å². The normalized spacial score (nSPS) is 9.09. The van der Waals surface area contributed by atoms with Crippen LogP contribution in [-0.4, -0.2) is 9.55 Å². The molecule has 0 bridgehead atoms. The summed E-state index contributed by atoms with van der Waals surface area (Å²) >= 11 is 0. The molecule has 56 valence electrons. The zero-order chi connectivity index (χ0) is 8.43. The van der Waals surface area contributed by atoms with Crippen molar-refractivity contribution in [2.24, 2.45) is 7.05 Å². The number of H-pyrrole nitrogens is 1. The number of hydrogen-bond acceptors (Lipinski definition) is 2. The molecular formula is C7H6N2O2. The van der Waals surface area contributed by atoms with E-state index >= 15 is 0 Å². The number of rotatable bonds is 0. The van der Waals surface area contributed by atoms with Crippen molar-refractivity contribution in [2.75, 3.05) is 0 Å². The van der Waals surface area contributed by atoms with E-state index in [2.05, 4.69) is 10.9 Å². The van der Waals surface area contributed by atoms with Gasteiger partial charge in [-0.3, -0.25) is 9.78 Å². The van der Waals surface area contributed by atoms with E-state index in [0.29, 0.717) is 0 Å². The SMILES string of the molecule is C#Cc1cn(C)c(=O)[nH]c1=O. The van der Waals surface area contributed by atoms with Crippen molar-refractivity contribution in [3.8, 4) is 12.3 Å². The van der Waals surface area contributed by atoms with E-state index in [1.165, 1.54) is 17.8 Å². The summed E-state index contributed by atoms with van der Waals surface area (Å²) in [5.74, 6) is 2.16. The largest absolute Gasteiger partial charge is 0.328 e. The molecule has 1 aromatic heterocycles. The van der Waals surface area contributed by atoms with Crippen LogP contribution in [0.15, 0.2) is 15.8 Å². The quantitative estimate of drug-likeness (QED) is 0.485. The number of nitrogens with zero attached hydrogens (tertiary/aromatic N) is 1. The Labute approximate surface area is 62.5 Å². The summed E-state index contributed by atoms with van der Waals surface area (Å²) in [5, 5.41) is 0. The lowest BCUT2D eigenvalue weighted by molar-refractivity contribution is 0.796.